The first-order valence-electron chi connectivity index (χ1n) is 45.1. The molecule has 3 aromatic heterocycles. The van der Waals surface area contributed by atoms with Crippen molar-refractivity contribution in [2.45, 2.75) is 114 Å². The van der Waals surface area contributed by atoms with Crippen molar-refractivity contribution < 1.29 is 192 Å². The van der Waals surface area contributed by atoms with Gasteiger partial charge in [-0.1, -0.05) is 170 Å². The molecule has 0 saturated carbocycles. The number of aromatic nitrogens is 3. The number of piperidine rings is 9. The van der Waals surface area contributed by atoms with Crippen LogP contribution in [0.15, 0.2) is 281 Å². The van der Waals surface area contributed by atoms with Gasteiger partial charge in [0.2, 0.25) is 16.6 Å². The van der Waals surface area contributed by atoms with Gasteiger partial charge in [-0.25, -0.2) is 0 Å². The summed E-state index contributed by atoms with van der Waals surface area (Å²) in [7, 11) is -2.77. The van der Waals surface area contributed by atoms with Crippen LogP contribution in [0.4, 0.5) is 0 Å². The van der Waals surface area contributed by atoms with Gasteiger partial charge in [-0.3, -0.25) is 0 Å². The number of benzene rings is 9. The van der Waals surface area contributed by atoms with Gasteiger partial charge in [-0.05, 0) is 81.5 Å². The van der Waals surface area contributed by atoms with E-state index in [0.717, 1.165) is 189 Å². The number of nitrogens with zero attached hydrogens (tertiary/aromatic N) is 6. The van der Waals surface area contributed by atoms with Crippen molar-refractivity contribution in [3.05, 3.63) is 331 Å². The average molecular weight is 2140 g/mol. The Morgan fingerprint density at radius 2 is 0.642 bits per heavy atom. The Balaban J connectivity index is 0.000000190. The first-order chi connectivity index (χ1) is 62.4. The maximum Gasteiger partial charge on any atom is 0.488 e. The van der Waals surface area contributed by atoms with E-state index in [-0.39, 0.29) is 103 Å². The first kappa shape index (κ1) is 106. The molecular weight excluding hydrogens is 2020 g/mol. The molecule has 9 aromatic carbocycles. The van der Waals surface area contributed by atoms with E-state index in [9.17, 15) is 65.6 Å². The molecular formula is C102H119B5Br5N6O16+. The second-order valence-electron chi connectivity index (χ2n) is 36.7. The van der Waals surface area contributed by atoms with E-state index in [1.54, 1.807) is 69.9 Å². The number of halogens is 5. The van der Waals surface area contributed by atoms with Crippen molar-refractivity contribution in [2.24, 2.45) is 35.5 Å². The van der Waals surface area contributed by atoms with Crippen LogP contribution in [0, 0.1) is 35.5 Å². The molecule has 0 spiro atoms. The molecule has 6 bridgehead atoms. The lowest BCUT2D eigenvalue weighted by Crippen LogP contribution is -3.00. The van der Waals surface area contributed by atoms with E-state index in [1.165, 1.54) is 5.56 Å². The van der Waals surface area contributed by atoms with E-state index in [1.807, 2.05) is 169 Å². The lowest BCUT2D eigenvalue weighted by atomic mass is 9.70. The topological polar surface area (TPSA) is 302 Å². The van der Waals surface area contributed by atoms with Gasteiger partial charge in [-0.15, -0.1) is 19.7 Å². The molecule has 702 valence electrons. The van der Waals surface area contributed by atoms with Crippen LogP contribution in [-0.4, -0.2) is 193 Å². The molecule has 21 rings (SSSR count). The fourth-order valence-corrected chi connectivity index (χ4v) is 22.9. The minimum Gasteiger partial charge on any atom is -1.00 e. The molecule has 12 aromatic rings. The molecule has 13 N–H and O–H groups in total. The lowest BCUT2D eigenvalue weighted by molar-refractivity contribution is -0.985. The Morgan fingerprint density at radius 1 is 0.343 bits per heavy atom. The zero-order chi connectivity index (χ0) is 90.6. The Bertz CT molecular complexity index is 6020. The maximum atomic E-state index is 12.3. The third-order valence-corrected chi connectivity index (χ3v) is 29.8. The lowest BCUT2D eigenvalue weighted by Gasteiger charge is -2.58. The number of fused-ring (bicyclic) bond motifs is 12. The molecule has 15 atom stereocenters. The summed E-state index contributed by atoms with van der Waals surface area (Å²) >= 11 is 0. The number of pyridine rings is 3. The molecule has 22 nitrogen and oxygen atoms in total. The average Bonchev–Trinajstić information content (AvgIpc) is 0.737. The van der Waals surface area contributed by atoms with E-state index < -0.39 is 53.9 Å². The van der Waals surface area contributed by atoms with Crippen LogP contribution >= 0.6 is 0 Å². The number of rotatable bonds is 29. The first-order valence-corrected chi connectivity index (χ1v) is 45.1. The minimum absolute atomic E-state index is 0. The second kappa shape index (κ2) is 46.6. The highest BCUT2D eigenvalue weighted by atomic mass is 79.9. The fraction of sp³-hybridized carbons (Fsp3) is 0.324. The summed E-state index contributed by atoms with van der Waals surface area (Å²) in [5.74, 6) is 4.81. The van der Waals surface area contributed by atoms with Crippen molar-refractivity contribution >= 4 is 95.6 Å². The molecule has 9 fully saturated rings. The molecule has 32 heteroatoms. The SMILES string of the molecule is C=CC1C[N+]2(Cc3ccc(B(O)O)cc3)CCC1CC2C(O)c1cc[n+](Cc2ccc(B(O)O)cc2)c2cc(OC)ccc12.C=CC1C[N+]2(Cc3ccccc3)CCC1CC2C(O)c1cc[n+](Cc2ccccc2B(O)O)c2cc(OC)ccc12.C=CC1C[N+]2(Cc3ccccc3B(O)O)CCC1CC2C(O)c1cc[n+](Cc2ccccc2B(O)O)c2cc(OC)ccc12.[Br-].[Br-].[Br-].[Br-].[Br-]. The van der Waals surface area contributed by atoms with Crippen LogP contribution in [-0.2, 0) is 39.3 Å². The number of aliphatic hydroxyl groups is 3. The third-order valence-electron chi connectivity index (χ3n) is 29.8. The van der Waals surface area contributed by atoms with Crippen molar-refractivity contribution in [1.82, 2.24) is 0 Å². The molecule has 9 aliphatic rings. The number of quaternary nitrogens is 3. The van der Waals surface area contributed by atoms with Crippen molar-refractivity contribution in [2.75, 3.05) is 60.6 Å². The van der Waals surface area contributed by atoms with Crippen molar-refractivity contribution in [3.8, 4) is 17.2 Å². The number of ether oxygens (including phenoxy) is 3. The van der Waals surface area contributed by atoms with Crippen LogP contribution in [0.1, 0.15) is 107 Å². The van der Waals surface area contributed by atoms with Crippen LogP contribution in [0.5, 0.6) is 17.2 Å². The predicted octanol–water partition coefficient (Wildman–Crippen LogP) is -9.09. The molecule has 15 unspecified atom stereocenters. The largest absolute Gasteiger partial charge is 1.00 e. The Labute approximate surface area is 839 Å². The minimum atomic E-state index is -1.58. The molecule has 0 aliphatic carbocycles. The zero-order valence-corrected chi connectivity index (χ0v) is 83.5. The number of hydrogen-bond acceptors (Lipinski definition) is 16. The van der Waals surface area contributed by atoms with E-state index in [0.29, 0.717) is 99.2 Å². The van der Waals surface area contributed by atoms with Gasteiger partial charge in [0, 0.05) is 125 Å². The van der Waals surface area contributed by atoms with E-state index in [2.05, 4.69) is 77.4 Å². The molecule has 9 saturated heterocycles. The van der Waals surface area contributed by atoms with Crippen molar-refractivity contribution in [3.63, 3.8) is 0 Å². The van der Waals surface area contributed by atoms with Crippen molar-refractivity contribution in [1.29, 1.82) is 0 Å². The predicted molar refractivity (Wildman–Crippen MR) is 504 cm³/mol. The van der Waals surface area contributed by atoms with Gasteiger partial charge in [0.15, 0.2) is 38.2 Å². The van der Waals surface area contributed by atoms with Gasteiger partial charge in [-0.2, -0.15) is 13.7 Å². The standard InChI is InChI=1S/2C34H40B2N2O6.C34H39BN2O4.5BrH/c1-3-25-22-38(21-24-6-10-28(11-7-24)36(42)43)17-15-26(25)18-33(38)34(39)31-14-16-37(32-19-29(44-2)12-13-30(31)32)20-23-4-8-27(9-5-23)35(40)41;1-3-23-21-38(22-26-9-5-7-11-31(26)36(42)43)17-15-24(23)18-33(38)34(39)29-14-16-37(32-19-27(44-2)12-13-28(29)32)20-25-8-4-6-10-30(25)35(40)41;1-3-25-23-37(22-24-9-5-4-6-10-24)18-16-26(25)19-33(37)34(38)30-15-17-36(32-20-28(41-2)13-14-29(30)32)21-27-11-7-8-12-31(27)35(39)40;;;;;/h3-14,16,19,25-26,33-34,39-43H,1,15,17-18,20-22H2,2H3;3-14,16,19,23-24,33-34,39-43H,1,15,17-18,20-22H2,2H3;3-15,17,20,25-26,33-34,38-40H,1,16,18-19,21-23H2,2H3;5*1H/q3*+2;;;;;/p-5. The number of hydrogen-bond donors (Lipinski definition) is 13. The Kier molecular flexibility index (Phi) is 37.0. The third kappa shape index (κ3) is 22.4. The maximum absolute atomic E-state index is 12.3. The van der Waals surface area contributed by atoms with Gasteiger partial charge >= 0.3 is 35.6 Å². The highest BCUT2D eigenvalue weighted by molar-refractivity contribution is 6.60. The highest BCUT2D eigenvalue weighted by Crippen LogP contribution is 2.52. The summed E-state index contributed by atoms with van der Waals surface area (Å²) in [6.07, 6.45) is 16.2. The molecule has 12 heterocycles. The van der Waals surface area contributed by atoms with E-state index >= 15 is 0 Å². The number of methoxy groups -OCH3 is 3. The fourth-order valence-electron chi connectivity index (χ4n) is 22.9. The second-order valence-corrected chi connectivity index (χ2v) is 36.7. The molecule has 9 aliphatic heterocycles. The van der Waals surface area contributed by atoms with E-state index in [4.69, 9.17) is 14.2 Å². The van der Waals surface area contributed by atoms with Crippen LogP contribution in [0.3, 0.4) is 0 Å². The highest BCUT2D eigenvalue weighted by Gasteiger charge is 2.58. The number of aliphatic hydroxyl groups excluding tert-OH is 3. The Morgan fingerprint density at radius 3 is 0.970 bits per heavy atom. The monoisotopic (exact) mass is 2130 g/mol. The summed E-state index contributed by atoms with van der Waals surface area (Å²) in [5.41, 5.74) is 13.6. The van der Waals surface area contributed by atoms with Gasteiger partial charge in [0.1, 0.15) is 73.3 Å². The summed E-state index contributed by atoms with van der Waals surface area (Å²) in [4.78, 5) is 0. The quantitative estimate of drug-likeness (QED) is 0.00897. The summed E-state index contributed by atoms with van der Waals surface area (Å²) < 4.78 is 25.3. The van der Waals surface area contributed by atoms with Gasteiger partial charge in [0.05, 0.1) is 95.0 Å². The molecule has 134 heavy (non-hydrogen) atoms. The normalized spacial score (nSPS) is 22.8. The van der Waals surface area contributed by atoms with Crippen LogP contribution in [0.2, 0.25) is 0 Å². The van der Waals surface area contributed by atoms with Crippen LogP contribution in [0.25, 0.3) is 32.7 Å². The van der Waals surface area contributed by atoms with Gasteiger partial charge in [0.25, 0.3) is 0 Å². The smallest absolute Gasteiger partial charge is 0.488 e. The summed E-state index contributed by atoms with van der Waals surface area (Å²) in [6, 6.07) is 71.3. The molecule has 0 amide bonds. The summed E-state index contributed by atoms with van der Waals surface area (Å²) in [5, 5.41) is 138. The summed E-state index contributed by atoms with van der Waals surface area (Å²) in [6.45, 7) is 21.8. The Hall–Kier alpha value is -8.09. The molecule has 0 radical (unpaired) electrons. The zero-order valence-electron chi connectivity index (χ0n) is 75.6. The van der Waals surface area contributed by atoms with Gasteiger partial charge < -0.3 is 178 Å². The van der Waals surface area contributed by atoms with Crippen LogP contribution < -0.4 is 140 Å².